The first-order valence-corrected chi connectivity index (χ1v) is 3.78. The molecule has 0 saturated heterocycles. The first kappa shape index (κ1) is 9.03. The maximum Gasteiger partial charge on any atom is 0.166 e. The summed E-state index contributed by atoms with van der Waals surface area (Å²) in [5.74, 6) is 0. The van der Waals surface area contributed by atoms with Crippen LogP contribution in [0.4, 0.5) is 0 Å². The summed E-state index contributed by atoms with van der Waals surface area (Å²) < 4.78 is 0. The number of H-pyrrole nitrogens is 1. The third kappa shape index (κ3) is 1.57. The van der Waals surface area contributed by atoms with Crippen LogP contribution >= 0.6 is 11.6 Å². The lowest BCUT2D eigenvalue weighted by atomic mass is 10.2. The summed E-state index contributed by atoms with van der Waals surface area (Å²) in [4.78, 5) is 13.3. The number of hydrogen-bond acceptors (Lipinski definition) is 2. The molecule has 0 fully saturated rings. The average molecular weight is 185 g/mol. The second-order valence-electron chi connectivity index (χ2n) is 2.35. The summed E-state index contributed by atoms with van der Waals surface area (Å²) in [6.07, 6.45) is 0.696. The molecule has 12 heavy (non-hydrogen) atoms. The fourth-order valence-electron chi connectivity index (χ4n) is 0.956. The third-order valence-electron chi connectivity index (χ3n) is 1.53. The SMILES string of the molecule is C=C(Cl)c1cc(CN)[nH]c1C=O. The standard InChI is InChI=1S/C8H9ClN2O/c1-5(9)7-2-6(3-10)11-8(7)4-12/h2,4,11H,1,3,10H2. The van der Waals surface area contributed by atoms with E-state index in [1.807, 2.05) is 0 Å². The van der Waals surface area contributed by atoms with Gasteiger partial charge in [0, 0.05) is 22.8 Å². The molecule has 0 aliphatic carbocycles. The van der Waals surface area contributed by atoms with Crippen molar-refractivity contribution in [3.63, 3.8) is 0 Å². The number of nitrogens with one attached hydrogen (secondary N) is 1. The zero-order valence-electron chi connectivity index (χ0n) is 6.43. The van der Waals surface area contributed by atoms with Crippen LogP contribution in [0.2, 0.25) is 0 Å². The number of aromatic nitrogens is 1. The Bertz CT molecular complexity index is 317. The van der Waals surface area contributed by atoms with Crippen LogP contribution in [0.3, 0.4) is 0 Å². The minimum atomic E-state index is 0.341. The molecule has 0 aliphatic heterocycles. The number of hydrogen-bond donors (Lipinski definition) is 2. The Morgan fingerprint density at radius 1 is 1.83 bits per heavy atom. The molecule has 0 amide bonds. The van der Waals surface area contributed by atoms with Crippen molar-refractivity contribution in [1.82, 2.24) is 4.98 Å². The summed E-state index contributed by atoms with van der Waals surface area (Å²) in [6, 6.07) is 1.72. The number of aromatic amines is 1. The van der Waals surface area contributed by atoms with Gasteiger partial charge in [-0.15, -0.1) is 0 Å². The lowest BCUT2D eigenvalue weighted by Gasteiger charge is -1.90. The molecule has 0 bridgehead atoms. The zero-order chi connectivity index (χ0) is 9.14. The van der Waals surface area contributed by atoms with Crippen molar-refractivity contribution in [3.05, 3.63) is 29.6 Å². The molecule has 1 aromatic heterocycles. The molecule has 1 rings (SSSR count). The van der Waals surface area contributed by atoms with E-state index in [2.05, 4.69) is 11.6 Å². The first-order chi connectivity index (χ1) is 5.69. The van der Waals surface area contributed by atoms with Gasteiger partial charge < -0.3 is 10.7 Å². The Labute approximate surface area is 75.2 Å². The molecular formula is C8H9ClN2O. The summed E-state index contributed by atoms with van der Waals surface area (Å²) >= 11 is 5.64. The fraction of sp³-hybridized carbons (Fsp3) is 0.125. The van der Waals surface area contributed by atoms with Crippen LogP contribution in [0.1, 0.15) is 21.7 Å². The predicted octanol–water partition coefficient (Wildman–Crippen LogP) is 1.50. The van der Waals surface area contributed by atoms with E-state index in [-0.39, 0.29) is 0 Å². The van der Waals surface area contributed by atoms with Crippen molar-refractivity contribution in [2.24, 2.45) is 5.73 Å². The summed E-state index contributed by atoms with van der Waals surface area (Å²) in [5.41, 5.74) is 7.18. The van der Waals surface area contributed by atoms with Crippen molar-refractivity contribution in [3.8, 4) is 0 Å². The smallest absolute Gasteiger partial charge is 0.166 e. The second-order valence-corrected chi connectivity index (χ2v) is 2.81. The summed E-state index contributed by atoms with van der Waals surface area (Å²) in [5, 5.41) is 0.341. The van der Waals surface area contributed by atoms with Crippen molar-refractivity contribution < 1.29 is 4.79 Å². The highest BCUT2D eigenvalue weighted by Crippen LogP contribution is 2.20. The van der Waals surface area contributed by atoms with Gasteiger partial charge in [0.25, 0.3) is 0 Å². The molecule has 0 radical (unpaired) electrons. The minimum Gasteiger partial charge on any atom is -0.355 e. The van der Waals surface area contributed by atoms with Gasteiger partial charge >= 0.3 is 0 Å². The van der Waals surface area contributed by atoms with Crippen LogP contribution < -0.4 is 5.73 Å². The van der Waals surface area contributed by atoms with E-state index in [9.17, 15) is 4.79 Å². The van der Waals surface area contributed by atoms with E-state index in [0.717, 1.165) is 5.69 Å². The molecule has 3 N–H and O–H groups in total. The molecule has 0 aliphatic rings. The van der Waals surface area contributed by atoms with E-state index < -0.39 is 0 Å². The van der Waals surface area contributed by atoms with Gasteiger partial charge in [-0.2, -0.15) is 0 Å². The lowest BCUT2D eigenvalue weighted by Crippen LogP contribution is -1.95. The van der Waals surface area contributed by atoms with Gasteiger partial charge in [-0.05, 0) is 6.07 Å². The molecule has 1 heterocycles. The zero-order valence-corrected chi connectivity index (χ0v) is 7.19. The average Bonchev–Trinajstić information content (AvgIpc) is 2.47. The molecule has 0 unspecified atom stereocenters. The highest BCUT2D eigenvalue weighted by Gasteiger charge is 2.07. The highest BCUT2D eigenvalue weighted by molar-refractivity contribution is 6.48. The third-order valence-corrected chi connectivity index (χ3v) is 1.74. The van der Waals surface area contributed by atoms with Gasteiger partial charge in [0.15, 0.2) is 6.29 Å². The molecule has 1 aromatic rings. The van der Waals surface area contributed by atoms with Crippen LogP contribution in [0, 0.1) is 0 Å². The van der Waals surface area contributed by atoms with Crippen LogP contribution in [-0.2, 0) is 6.54 Å². The Morgan fingerprint density at radius 2 is 2.50 bits per heavy atom. The molecule has 0 atom stereocenters. The Morgan fingerprint density at radius 3 is 2.83 bits per heavy atom. The van der Waals surface area contributed by atoms with Gasteiger partial charge in [-0.3, -0.25) is 4.79 Å². The maximum absolute atomic E-state index is 10.5. The molecule has 0 saturated carbocycles. The van der Waals surface area contributed by atoms with Crippen molar-refractivity contribution in [1.29, 1.82) is 0 Å². The summed E-state index contributed by atoms with van der Waals surface area (Å²) in [6.45, 7) is 3.88. The largest absolute Gasteiger partial charge is 0.355 e. The van der Waals surface area contributed by atoms with E-state index in [1.165, 1.54) is 0 Å². The Kier molecular flexibility index (Phi) is 2.68. The van der Waals surface area contributed by atoms with E-state index in [0.29, 0.717) is 29.1 Å². The molecule has 4 heteroatoms. The number of carbonyl (C=O) groups excluding carboxylic acids is 1. The number of nitrogens with two attached hydrogens (primary N) is 1. The maximum atomic E-state index is 10.5. The first-order valence-electron chi connectivity index (χ1n) is 3.41. The predicted molar refractivity (Wildman–Crippen MR) is 49.0 cm³/mol. The van der Waals surface area contributed by atoms with Crippen molar-refractivity contribution in [2.45, 2.75) is 6.54 Å². The fourth-order valence-corrected chi connectivity index (χ4v) is 1.11. The van der Waals surface area contributed by atoms with Gasteiger partial charge in [0.05, 0.1) is 5.69 Å². The molecule has 0 spiro atoms. The van der Waals surface area contributed by atoms with Crippen LogP contribution in [0.15, 0.2) is 12.6 Å². The highest BCUT2D eigenvalue weighted by atomic mass is 35.5. The number of rotatable bonds is 3. The second kappa shape index (κ2) is 3.56. The summed E-state index contributed by atoms with van der Waals surface area (Å²) in [7, 11) is 0. The monoisotopic (exact) mass is 184 g/mol. The topological polar surface area (TPSA) is 58.9 Å². The Hall–Kier alpha value is -1.06. The van der Waals surface area contributed by atoms with Gasteiger partial charge in [-0.1, -0.05) is 18.2 Å². The van der Waals surface area contributed by atoms with E-state index >= 15 is 0 Å². The van der Waals surface area contributed by atoms with Crippen LogP contribution in [-0.4, -0.2) is 11.3 Å². The normalized spacial score (nSPS) is 9.83. The van der Waals surface area contributed by atoms with Crippen LogP contribution in [0.25, 0.3) is 5.03 Å². The minimum absolute atomic E-state index is 0.341. The van der Waals surface area contributed by atoms with Gasteiger partial charge in [-0.25, -0.2) is 0 Å². The Balaban J connectivity index is 3.16. The molecular weight excluding hydrogens is 176 g/mol. The molecule has 3 nitrogen and oxygen atoms in total. The lowest BCUT2D eigenvalue weighted by molar-refractivity contribution is 0.111. The van der Waals surface area contributed by atoms with Gasteiger partial charge in [0.1, 0.15) is 0 Å². The van der Waals surface area contributed by atoms with Crippen LogP contribution in [0.5, 0.6) is 0 Å². The number of aldehydes is 1. The molecule has 64 valence electrons. The van der Waals surface area contributed by atoms with E-state index in [1.54, 1.807) is 6.07 Å². The number of carbonyl (C=O) groups is 1. The van der Waals surface area contributed by atoms with Gasteiger partial charge in [0.2, 0.25) is 0 Å². The van der Waals surface area contributed by atoms with E-state index in [4.69, 9.17) is 17.3 Å². The quantitative estimate of drug-likeness (QED) is 0.700. The van der Waals surface area contributed by atoms with Crippen molar-refractivity contribution in [2.75, 3.05) is 0 Å². The number of halogens is 1. The van der Waals surface area contributed by atoms with Crippen molar-refractivity contribution >= 4 is 22.9 Å². The molecule has 0 aromatic carbocycles.